The number of amides is 1. The molecule has 1 atom stereocenters. The van der Waals surface area contributed by atoms with Crippen molar-refractivity contribution in [2.24, 2.45) is 0 Å². The molecule has 4 aromatic rings. The highest BCUT2D eigenvalue weighted by Crippen LogP contribution is 2.38. The fourth-order valence-corrected chi connectivity index (χ4v) is 5.87. The van der Waals surface area contributed by atoms with E-state index in [1.807, 2.05) is 80.1 Å². The van der Waals surface area contributed by atoms with Crippen molar-refractivity contribution in [3.8, 4) is 16.9 Å². The van der Waals surface area contributed by atoms with Gasteiger partial charge >= 0.3 is 5.97 Å². The number of anilines is 1. The third kappa shape index (κ3) is 6.63. The van der Waals surface area contributed by atoms with E-state index in [9.17, 15) is 9.59 Å². The molecule has 0 aliphatic rings. The first-order valence-electron chi connectivity index (χ1n) is 12.7. The average Bonchev–Trinajstić information content (AvgIpc) is 3.54. The van der Waals surface area contributed by atoms with Crippen molar-refractivity contribution in [2.45, 2.75) is 45.5 Å². The van der Waals surface area contributed by atoms with E-state index >= 15 is 0 Å². The van der Waals surface area contributed by atoms with Crippen molar-refractivity contribution in [2.75, 3.05) is 18.2 Å². The number of benzene rings is 2. The summed E-state index contributed by atoms with van der Waals surface area (Å²) >= 11 is 2.55. The fraction of sp³-hybridized carbons (Fsp3) is 0.267. The van der Waals surface area contributed by atoms with Crippen LogP contribution in [0.5, 0.6) is 5.75 Å². The second-order valence-corrected chi connectivity index (χ2v) is 11.1. The standard InChI is InChI=1S/C30H32N4O4S2/c1-7-14-34-27(21(5)38-22-12-9-18(2)10-13-22)32-33-30(34)40-17-25(35)31-28-26(29(36)37-6)24(16-39-28)23-15-19(3)8-11-20(23)4/h7-13,15-16,21H,1,14,17H2,2-6H3,(H,31,35). The van der Waals surface area contributed by atoms with Gasteiger partial charge in [-0.3, -0.25) is 9.36 Å². The van der Waals surface area contributed by atoms with Crippen LogP contribution in [-0.2, 0) is 16.1 Å². The molecule has 208 valence electrons. The minimum Gasteiger partial charge on any atom is -0.483 e. The molecule has 10 heteroatoms. The molecule has 0 aliphatic heterocycles. The highest BCUT2D eigenvalue weighted by Gasteiger charge is 2.24. The Hall–Kier alpha value is -3.89. The maximum atomic E-state index is 13.0. The Kier molecular flexibility index (Phi) is 9.44. The van der Waals surface area contributed by atoms with Gasteiger partial charge in [0.25, 0.3) is 0 Å². The molecule has 0 fully saturated rings. The molecule has 0 spiro atoms. The van der Waals surface area contributed by atoms with E-state index in [-0.39, 0.29) is 17.8 Å². The van der Waals surface area contributed by atoms with Crippen molar-refractivity contribution < 1.29 is 19.1 Å². The molecule has 8 nitrogen and oxygen atoms in total. The average molecular weight is 577 g/mol. The monoisotopic (exact) mass is 576 g/mol. The van der Waals surface area contributed by atoms with Crippen molar-refractivity contribution in [1.82, 2.24) is 14.8 Å². The van der Waals surface area contributed by atoms with Gasteiger partial charge in [0.05, 0.1) is 12.9 Å². The lowest BCUT2D eigenvalue weighted by atomic mass is 9.97. The number of thiophene rings is 1. The number of thioether (sulfide) groups is 1. The van der Waals surface area contributed by atoms with Crippen molar-refractivity contribution in [3.05, 3.63) is 88.6 Å². The Morgan fingerprint density at radius 1 is 1.10 bits per heavy atom. The summed E-state index contributed by atoms with van der Waals surface area (Å²) in [4.78, 5) is 25.8. The van der Waals surface area contributed by atoms with E-state index in [0.717, 1.165) is 33.6 Å². The van der Waals surface area contributed by atoms with Crippen LogP contribution in [0.1, 0.15) is 45.9 Å². The number of hydrogen-bond acceptors (Lipinski definition) is 8. The van der Waals surface area contributed by atoms with Crippen LogP contribution in [0.15, 0.2) is 65.7 Å². The van der Waals surface area contributed by atoms with Gasteiger partial charge in [0, 0.05) is 17.5 Å². The van der Waals surface area contributed by atoms with E-state index < -0.39 is 5.97 Å². The SMILES string of the molecule is C=CCn1c(SCC(=O)Nc2scc(-c3cc(C)ccc3C)c2C(=O)OC)nnc1C(C)Oc1ccc(C)cc1. The van der Waals surface area contributed by atoms with Gasteiger partial charge in [0.2, 0.25) is 5.91 Å². The zero-order chi connectivity index (χ0) is 28.8. The Morgan fingerprint density at radius 3 is 2.52 bits per heavy atom. The van der Waals surface area contributed by atoms with Gasteiger partial charge in [-0.05, 0) is 51.0 Å². The largest absolute Gasteiger partial charge is 0.483 e. The topological polar surface area (TPSA) is 95.3 Å². The molecule has 40 heavy (non-hydrogen) atoms. The maximum absolute atomic E-state index is 13.0. The molecule has 0 bridgehead atoms. The smallest absolute Gasteiger partial charge is 0.341 e. The summed E-state index contributed by atoms with van der Waals surface area (Å²) in [7, 11) is 1.34. The number of nitrogens with zero attached hydrogens (tertiary/aromatic N) is 3. The van der Waals surface area contributed by atoms with Crippen LogP contribution in [-0.4, -0.2) is 39.5 Å². The number of carbonyl (C=O) groups is 2. The van der Waals surface area contributed by atoms with Crippen LogP contribution >= 0.6 is 23.1 Å². The van der Waals surface area contributed by atoms with Crippen LogP contribution in [0, 0.1) is 20.8 Å². The lowest BCUT2D eigenvalue weighted by molar-refractivity contribution is -0.113. The van der Waals surface area contributed by atoms with Gasteiger partial charge < -0.3 is 14.8 Å². The number of ether oxygens (including phenoxy) is 2. The summed E-state index contributed by atoms with van der Waals surface area (Å²) in [6, 6.07) is 13.9. The van der Waals surface area contributed by atoms with Gasteiger partial charge in [-0.15, -0.1) is 28.1 Å². The first-order chi connectivity index (χ1) is 19.2. The third-order valence-electron chi connectivity index (χ3n) is 6.20. The minimum absolute atomic E-state index is 0.0692. The van der Waals surface area contributed by atoms with E-state index in [1.165, 1.54) is 30.2 Å². The van der Waals surface area contributed by atoms with Crippen LogP contribution in [0.25, 0.3) is 11.1 Å². The van der Waals surface area contributed by atoms with E-state index in [1.54, 1.807) is 6.08 Å². The number of aromatic nitrogens is 3. The predicted molar refractivity (Wildman–Crippen MR) is 160 cm³/mol. The summed E-state index contributed by atoms with van der Waals surface area (Å²) in [5.74, 6) is 0.659. The summed E-state index contributed by atoms with van der Waals surface area (Å²) in [6.07, 6.45) is 1.38. The molecule has 0 aliphatic carbocycles. The molecule has 0 saturated heterocycles. The lowest BCUT2D eigenvalue weighted by Crippen LogP contribution is -2.17. The number of hydrogen-bond donors (Lipinski definition) is 1. The normalized spacial score (nSPS) is 11.6. The number of aryl methyl sites for hydroxylation is 3. The molecule has 1 unspecified atom stereocenters. The molecule has 0 saturated carbocycles. The molecule has 2 heterocycles. The molecule has 0 radical (unpaired) electrons. The van der Waals surface area contributed by atoms with Gasteiger partial charge in [-0.25, -0.2) is 4.79 Å². The first kappa shape index (κ1) is 29.1. The highest BCUT2D eigenvalue weighted by molar-refractivity contribution is 7.99. The third-order valence-corrected chi connectivity index (χ3v) is 8.07. The van der Waals surface area contributed by atoms with E-state index in [0.29, 0.717) is 28.1 Å². The van der Waals surface area contributed by atoms with Gasteiger partial charge in [-0.2, -0.15) is 0 Å². The molecular weight excluding hydrogens is 544 g/mol. The summed E-state index contributed by atoms with van der Waals surface area (Å²) in [5.41, 5.74) is 5.26. The minimum atomic E-state index is -0.502. The second kappa shape index (κ2) is 13.0. The van der Waals surface area contributed by atoms with Gasteiger partial charge in [-0.1, -0.05) is 59.3 Å². The number of methoxy groups -OCH3 is 1. The quantitative estimate of drug-likeness (QED) is 0.120. The molecule has 4 rings (SSSR count). The maximum Gasteiger partial charge on any atom is 0.341 e. The predicted octanol–water partition coefficient (Wildman–Crippen LogP) is 6.78. The number of rotatable bonds is 11. The number of nitrogens with one attached hydrogen (secondary N) is 1. The highest BCUT2D eigenvalue weighted by atomic mass is 32.2. The molecular formula is C30H32N4O4S2. The summed E-state index contributed by atoms with van der Waals surface area (Å²) in [6.45, 7) is 12.2. The molecule has 1 N–H and O–H groups in total. The fourth-order valence-electron chi connectivity index (χ4n) is 4.15. The number of carbonyl (C=O) groups excluding carboxylic acids is 2. The zero-order valence-electron chi connectivity index (χ0n) is 23.2. The summed E-state index contributed by atoms with van der Waals surface area (Å²) < 4.78 is 13.0. The summed E-state index contributed by atoms with van der Waals surface area (Å²) in [5, 5.41) is 14.4. The zero-order valence-corrected chi connectivity index (χ0v) is 24.8. The Morgan fingerprint density at radius 2 is 1.82 bits per heavy atom. The van der Waals surface area contributed by atoms with Crippen molar-refractivity contribution >= 4 is 40.0 Å². The van der Waals surface area contributed by atoms with Crippen LogP contribution in [0.4, 0.5) is 5.00 Å². The Balaban J connectivity index is 1.49. The van der Waals surface area contributed by atoms with E-state index in [2.05, 4.69) is 22.1 Å². The Bertz CT molecular complexity index is 1530. The van der Waals surface area contributed by atoms with Gasteiger partial charge in [0.15, 0.2) is 17.1 Å². The number of esters is 1. The number of allylic oxidation sites excluding steroid dienone is 1. The Labute approximate surface area is 242 Å². The molecule has 1 amide bonds. The van der Waals surface area contributed by atoms with Crippen LogP contribution in [0.2, 0.25) is 0 Å². The second-order valence-electron chi connectivity index (χ2n) is 9.31. The van der Waals surface area contributed by atoms with Crippen LogP contribution in [0.3, 0.4) is 0 Å². The van der Waals surface area contributed by atoms with E-state index in [4.69, 9.17) is 9.47 Å². The van der Waals surface area contributed by atoms with Crippen molar-refractivity contribution in [1.29, 1.82) is 0 Å². The van der Waals surface area contributed by atoms with Crippen LogP contribution < -0.4 is 10.1 Å². The molecule has 2 aromatic heterocycles. The van der Waals surface area contributed by atoms with Gasteiger partial charge in [0.1, 0.15) is 16.3 Å². The lowest BCUT2D eigenvalue weighted by Gasteiger charge is -2.16. The molecule has 2 aromatic carbocycles. The first-order valence-corrected chi connectivity index (χ1v) is 14.6. The van der Waals surface area contributed by atoms with Crippen molar-refractivity contribution in [3.63, 3.8) is 0 Å².